The van der Waals surface area contributed by atoms with Crippen molar-refractivity contribution >= 4 is 17.4 Å². The summed E-state index contributed by atoms with van der Waals surface area (Å²) in [7, 11) is 0. The molecule has 6 nitrogen and oxygen atoms in total. The normalized spacial score (nSPS) is 15.7. The zero-order valence-corrected chi connectivity index (χ0v) is 10.9. The number of nitrogens with zero attached hydrogens (tertiary/aromatic N) is 1. The van der Waals surface area contributed by atoms with Crippen LogP contribution < -0.4 is 10.6 Å². The number of urea groups is 1. The zero-order valence-electron chi connectivity index (χ0n) is 10.9. The second-order valence-corrected chi connectivity index (χ2v) is 4.89. The van der Waals surface area contributed by atoms with E-state index in [0.29, 0.717) is 0 Å². The second kappa shape index (κ2) is 6.31. The van der Waals surface area contributed by atoms with E-state index in [1.54, 1.807) is 0 Å². The largest absolute Gasteiger partial charge is 0.335 e. The number of benzene rings is 1. The van der Waals surface area contributed by atoms with Crippen molar-refractivity contribution in [2.45, 2.75) is 38.1 Å². The number of non-ortho nitro benzene ring substituents is 1. The minimum atomic E-state index is -0.757. The zero-order chi connectivity index (χ0) is 14.5. The van der Waals surface area contributed by atoms with E-state index in [0.717, 1.165) is 43.9 Å². The first-order valence-electron chi connectivity index (χ1n) is 6.57. The van der Waals surface area contributed by atoms with Crippen molar-refractivity contribution in [3.8, 4) is 0 Å². The van der Waals surface area contributed by atoms with Crippen LogP contribution >= 0.6 is 0 Å². The van der Waals surface area contributed by atoms with Gasteiger partial charge < -0.3 is 10.6 Å². The Labute approximate surface area is 115 Å². The van der Waals surface area contributed by atoms with Crippen LogP contribution in [0, 0.1) is 15.9 Å². The molecule has 0 atom stereocenters. The molecule has 1 aliphatic carbocycles. The number of hydrogen-bond donors (Lipinski definition) is 2. The van der Waals surface area contributed by atoms with Gasteiger partial charge in [-0.05, 0) is 18.9 Å². The summed E-state index contributed by atoms with van der Waals surface area (Å²) in [5.74, 6) is -0.757. The van der Waals surface area contributed by atoms with Gasteiger partial charge >= 0.3 is 6.03 Å². The van der Waals surface area contributed by atoms with Gasteiger partial charge in [0.25, 0.3) is 5.69 Å². The number of rotatable bonds is 3. The van der Waals surface area contributed by atoms with Crippen LogP contribution in [0.1, 0.15) is 32.1 Å². The Balaban J connectivity index is 1.98. The van der Waals surface area contributed by atoms with Gasteiger partial charge in [0.1, 0.15) is 5.82 Å². The highest BCUT2D eigenvalue weighted by atomic mass is 19.1. The fourth-order valence-electron chi connectivity index (χ4n) is 2.35. The first kappa shape index (κ1) is 14.2. The average molecular weight is 281 g/mol. The van der Waals surface area contributed by atoms with Gasteiger partial charge in [0.2, 0.25) is 0 Å². The predicted molar refractivity (Wildman–Crippen MR) is 72.1 cm³/mol. The SMILES string of the molecule is O=C(Nc1cc(F)cc([N+](=O)[O-])c1)NC1CCCCC1. The summed E-state index contributed by atoms with van der Waals surface area (Å²) in [5.41, 5.74) is -0.317. The summed E-state index contributed by atoms with van der Waals surface area (Å²) in [6.07, 6.45) is 5.19. The number of nitro benzene ring substituents is 1. The van der Waals surface area contributed by atoms with E-state index in [1.165, 1.54) is 6.42 Å². The second-order valence-electron chi connectivity index (χ2n) is 4.89. The lowest BCUT2D eigenvalue weighted by atomic mass is 9.96. The lowest BCUT2D eigenvalue weighted by Gasteiger charge is -2.22. The Morgan fingerprint density at radius 1 is 1.25 bits per heavy atom. The Morgan fingerprint density at radius 3 is 2.60 bits per heavy atom. The molecule has 0 bridgehead atoms. The minimum Gasteiger partial charge on any atom is -0.335 e. The third-order valence-electron chi connectivity index (χ3n) is 3.29. The Bertz CT molecular complexity index is 516. The van der Waals surface area contributed by atoms with Crippen LogP contribution in [-0.4, -0.2) is 17.0 Å². The number of nitro groups is 1. The smallest absolute Gasteiger partial charge is 0.319 e. The molecule has 1 aliphatic rings. The molecule has 1 aromatic rings. The van der Waals surface area contributed by atoms with Gasteiger partial charge in [-0.3, -0.25) is 10.1 Å². The third kappa shape index (κ3) is 3.91. The highest BCUT2D eigenvalue weighted by Gasteiger charge is 2.16. The van der Waals surface area contributed by atoms with Crippen molar-refractivity contribution < 1.29 is 14.1 Å². The number of carbonyl (C=O) groups excluding carboxylic acids is 1. The Morgan fingerprint density at radius 2 is 1.95 bits per heavy atom. The van der Waals surface area contributed by atoms with Crippen molar-refractivity contribution in [3.05, 3.63) is 34.1 Å². The molecule has 0 spiro atoms. The molecule has 0 aliphatic heterocycles. The van der Waals surface area contributed by atoms with E-state index in [-0.39, 0.29) is 11.7 Å². The maximum Gasteiger partial charge on any atom is 0.319 e. The fraction of sp³-hybridized carbons (Fsp3) is 0.462. The average Bonchev–Trinajstić information content (AvgIpc) is 2.38. The van der Waals surface area contributed by atoms with Gasteiger partial charge in [-0.1, -0.05) is 19.3 Å². The molecular formula is C13H16FN3O3. The molecule has 0 aromatic heterocycles. The molecule has 0 saturated heterocycles. The molecule has 2 amide bonds. The van der Waals surface area contributed by atoms with Crippen molar-refractivity contribution in [2.24, 2.45) is 0 Å². The van der Waals surface area contributed by atoms with Crippen LogP contribution in [0.4, 0.5) is 20.6 Å². The quantitative estimate of drug-likeness (QED) is 0.659. The summed E-state index contributed by atoms with van der Waals surface area (Å²) in [6, 6.07) is 2.64. The van der Waals surface area contributed by atoms with Crippen LogP contribution in [-0.2, 0) is 0 Å². The van der Waals surface area contributed by atoms with Crippen LogP contribution in [0.2, 0.25) is 0 Å². The van der Waals surface area contributed by atoms with Gasteiger partial charge in [-0.25, -0.2) is 9.18 Å². The Kier molecular flexibility index (Phi) is 4.49. The Hall–Kier alpha value is -2.18. The van der Waals surface area contributed by atoms with Crippen LogP contribution in [0.15, 0.2) is 18.2 Å². The molecule has 7 heteroatoms. The van der Waals surface area contributed by atoms with Gasteiger partial charge in [0.15, 0.2) is 0 Å². The van der Waals surface area contributed by atoms with Crippen LogP contribution in [0.25, 0.3) is 0 Å². The van der Waals surface area contributed by atoms with E-state index in [2.05, 4.69) is 10.6 Å². The van der Waals surface area contributed by atoms with Gasteiger partial charge in [-0.15, -0.1) is 0 Å². The molecule has 108 valence electrons. The number of nitrogens with one attached hydrogen (secondary N) is 2. The van der Waals surface area contributed by atoms with E-state index in [9.17, 15) is 19.3 Å². The highest BCUT2D eigenvalue weighted by molar-refractivity contribution is 5.89. The van der Waals surface area contributed by atoms with Crippen molar-refractivity contribution in [1.82, 2.24) is 5.32 Å². The summed E-state index contributed by atoms with van der Waals surface area (Å²) < 4.78 is 13.2. The number of carbonyl (C=O) groups is 1. The minimum absolute atomic E-state index is 0.0741. The maximum absolute atomic E-state index is 13.2. The van der Waals surface area contributed by atoms with Crippen LogP contribution in [0.3, 0.4) is 0 Å². The topological polar surface area (TPSA) is 84.3 Å². The highest BCUT2D eigenvalue weighted by Crippen LogP contribution is 2.21. The fourth-order valence-corrected chi connectivity index (χ4v) is 2.35. The molecule has 2 rings (SSSR count). The summed E-state index contributed by atoms with van der Waals surface area (Å²) in [6.45, 7) is 0. The first-order chi connectivity index (χ1) is 9.54. The van der Waals surface area contributed by atoms with Gasteiger partial charge in [-0.2, -0.15) is 0 Å². The molecule has 1 saturated carbocycles. The van der Waals surface area contributed by atoms with Crippen molar-refractivity contribution in [3.63, 3.8) is 0 Å². The maximum atomic E-state index is 13.2. The number of amides is 2. The molecular weight excluding hydrogens is 265 g/mol. The summed E-state index contributed by atoms with van der Waals surface area (Å²) in [4.78, 5) is 21.7. The molecule has 20 heavy (non-hydrogen) atoms. The molecule has 2 N–H and O–H groups in total. The van der Waals surface area contributed by atoms with Gasteiger partial charge in [0, 0.05) is 12.1 Å². The third-order valence-corrected chi connectivity index (χ3v) is 3.29. The van der Waals surface area contributed by atoms with E-state index in [1.807, 2.05) is 0 Å². The van der Waals surface area contributed by atoms with E-state index >= 15 is 0 Å². The summed E-state index contributed by atoms with van der Waals surface area (Å²) >= 11 is 0. The van der Waals surface area contributed by atoms with Crippen molar-refractivity contribution in [2.75, 3.05) is 5.32 Å². The van der Waals surface area contributed by atoms with Gasteiger partial charge in [0.05, 0.1) is 16.7 Å². The van der Waals surface area contributed by atoms with E-state index in [4.69, 9.17) is 0 Å². The number of anilines is 1. The van der Waals surface area contributed by atoms with E-state index < -0.39 is 22.5 Å². The molecule has 1 aromatic carbocycles. The monoisotopic (exact) mass is 281 g/mol. The molecule has 0 unspecified atom stereocenters. The molecule has 0 radical (unpaired) electrons. The predicted octanol–water partition coefficient (Wildman–Crippen LogP) is 3.19. The molecule has 1 fully saturated rings. The van der Waals surface area contributed by atoms with Crippen LogP contribution in [0.5, 0.6) is 0 Å². The lowest BCUT2D eigenvalue weighted by molar-refractivity contribution is -0.385. The molecule has 0 heterocycles. The first-order valence-corrected chi connectivity index (χ1v) is 6.57. The standard InChI is InChI=1S/C13H16FN3O3/c14-9-6-11(8-12(7-9)17(19)20)16-13(18)15-10-4-2-1-3-5-10/h6-8,10H,1-5H2,(H2,15,16,18). The number of halogens is 1. The van der Waals surface area contributed by atoms with Crippen molar-refractivity contribution in [1.29, 1.82) is 0 Å². The number of hydrogen-bond acceptors (Lipinski definition) is 3. The summed E-state index contributed by atoms with van der Waals surface area (Å²) in [5, 5.41) is 15.8. The lowest BCUT2D eigenvalue weighted by Crippen LogP contribution is -2.39.